The lowest BCUT2D eigenvalue weighted by atomic mass is 9.44. The van der Waals surface area contributed by atoms with Crippen molar-refractivity contribution >= 4 is 11.9 Å². The molecule has 0 amide bonds. The number of ether oxygens (including phenoxy) is 2. The van der Waals surface area contributed by atoms with E-state index in [0.717, 1.165) is 44.4 Å². The van der Waals surface area contributed by atoms with Crippen LogP contribution in [0.1, 0.15) is 85.5 Å². The van der Waals surface area contributed by atoms with Gasteiger partial charge in [-0.05, 0) is 93.0 Å². The molecule has 0 saturated heterocycles. The maximum atomic E-state index is 11.9. The quantitative estimate of drug-likeness (QED) is 0.465. The molecule has 0 aliphatic heterocycles. The molecule has 0 radical (unpaired) electrons. The van der Waals surface area contributed by atoms with Gasteiger partial charge in [0.15, 0.2) is 0 Å². The molecule has 4 heteroatoms. The second kappa shape index (κ2) is 7.13. The molecule has 0 N–H and O–H groups in total. The molecule has 29 heavy (non-hydrogen) atoms. The SMILES string of the molecule is C=CC1(OC(C)=O)CCC2C3CCC4CC(OC(C)=O)CCC4(C)C3CCC21C. The van der Waals surface area contributed by atoms with Gasteiger partial charge in [-0.1, -0.05) is 20.4 Å². The van der Waals surface area contributed by atoms with Crippen molar-refractivity contribution in [3.05, 3.63) is 12.7 Å². The Morgan fingerprint density at radius 1 is 0.931 bits per heavy atom. The highest BCUT2D eigenvalue weighted by Gasteiger charge is 2.65. The molecule has 4 saturated carbocycles. The van der Waals surface area contributed by atoms with E-state index in [1.807, 2.05) is 6.08 Å². The topological polar surface area (TPSA) is 52.6 Å². The van der Waals surface area contributed by atoms with Gasteiger partial charge in [-0.3, -0.25) is 9.59 Å². The fraction of sp³-hybridized carbons (Fsp3) is 0.840. The van der Waals surface area contributed by atoms with Crippen LogP contribution in [0.25, 0.3) is 0 Å². The maximum Gasteiger partial charge on any atom is 0.303 e. The minimum Gasteiger partial charge on any atom is -0.463 e. The summed E-state index contributed by atoms with van der Waals surface area (Å²) < 4.78 is 11.6. The summed E-state index contributed by atoms with van der Waals surface area (Å²) in [6.07, 6.45) is 12.1. The van der Waals surface area contributed by atoms with Gasteiger partial charge in [0.1, 0.15) is 11.7 Å². The van der Waals surface area contributed by atoms with Crippen LogP contribution in [0.4, 0.5) is 0 Å². The summed E-state index contributed by atoms with van der Waals surface area (Å²) in [4.78, 5) is 23.3. The van der Waals surface area contributed by atoms with Crippen molar-refractivity contribution in [2.24, 2.45) is 34.5 Å². The van der Waals surface area contributed by atoms with E-state index in [1.165, 1.54) is 33.1 Å². The van der Waals surface area contributed by atoms with Crippen molar-refractivity contribution in [1.82, 2.24) is 0 Å². The molecular weight excluding hydrogens is 364 g/mol. The van der Waals surface area contributed by atoms with E-state index >= 15 is 0 Å². The number of rotatable bonds is 3. The minimum atomic E-state index is -0.501. The van der Waals surface area contributed by atoms with Crippen molar-refractivity contribution in [2.45, 2.75) is 97.2 Å². The first-order valence-corrected chi connectivity index (χ1v) is 11.7. The number of hydrogen-bond donors (Lipinski definition) is 0. The lowest BCUT2D eigenvalue weighted by Crippen LogP contribution is -2.57. The number of carbonyl (C=O) groups excluding carboxylic acids is 2. The van der Waals surface area contributed by atoms with Crippen LogP contribution in [0.15, 0.2) is 12.7 Å². The Hall–Kier alpha value is -1.32. The highest BCUT2D eigenvalue weighted by molar-refractivity contribution is 5.67. The van der Waals surface area contributed by atoms with Gasteiger partial charge >= 0.3 is 11.9 Å². The molecule has 4 nitrogen and oxygen atoms in total. The van der Waals surface area contributed by atoms with Crippen LogP contribution in [0.2, 0.25) is 0 Å². The number of fused-ring (bicyclic) bond motifs is 5. The van der Waals surface area contributed by atoms with Crippen LogP contribution in [0, 0.1) is 34.5 Å². The lowest BCUT2D eigenvalue weighted by Gasteiger charge is -2.61. The van der Waals surface area contributed by atoms with Gasteiger partial charge in [-0.2, -0.15) is 0 Å². The third-order valence-electron chi connectivity index (χ3n) is 9.79. The van der Waals surface area contributed by atoms with Crippen molar-refractivity contribution in [3.8, 4) is 0 Å². The number of carbonyl (C=O) groups is 2. The Morgan fingerprint density at radius 2 is 1.66 bits per heavy atom. The summed E-state index contributed by atoms with van der Waals surface area (Å²) in [6.45, 7) is 12.0. The van der Waals surface area contributed by atoms with Crippen LogP contribution in [0.3, 0.4) is 0 Å². The fourth-order valence-electron chi connectivity index (χ4n) is 8.40. The highest BCUT2D eigenvalue weighted by Crippen LogP contribution is 2.69. The zero-order valence-corrected chi connectivity index (χ0v) is 18.7. The van der Waals surface area contributed by atoms with Gasteiger partial charge in [0.2, 0.25) is 0 Å². The molecule has 8 atom stereocenters. The van der Waals surface area contributed by atoms with E-state index in [2.05, 4.69) is 20.4 Å². The van der Waals surface area contributed by atoms with Crippen molar-refractivity contribution in [1.29, 1.82) is 0 Å². The first kappa shape index (κ1) is 20.9. The van der Waals surface area contributed by atoms with E-state index in [-0.39, 0.29) is 23.5 Å². The average Bonchev–Trinajstić information content (AvgIpc) is 2.94. The summed E-state index contributed by atoms with van der Waals surface area (Å²) in [6, 6.07) is 0. The van der Waals surface area contributed by atoms with Gasteiger partial charge in [-0.25, -0.2) is 0 Å². The molecule has 4 aliphatic rings. The van der Waals surface area contributed by atoms with Gasteiger partial charge in [0.25, 0.3) is 0 Å². The first-order valence-electron chi connectivity index (χ1n) is 11.7. The Labute approximate surface area is 175 Å². The molecule has 0 bridgehead atoms. The standard InChI is InChI=1S/C25H38O4/c1-6-25(29-17(3)27)14-11-22-20-8-7-18-15-19(28-16(2)26)9-12-23(18,4)21(20)10-13-24(22,25)5/h6,18-22H,1,7-15H2,2-5H3. The van der Waals surface area contributed by atoms with Crippen molar-refractivity contribution < 1.29 is 19.1 Å². The maximum absolute atomic E-state index is 11.9. The van der Waals surface area contributed by atoms with Gasteiger partial charge in [0.05, 0.1) is 0 Å². The molecule has 8 unspecified atom stereocenters. The molecule has 0 aromatic rings. The van der Waals surface area contributed by atoms with E-state index in [9.17, 15) is 9.59 Å². The van der Waals surface area contributed by atoms with Crippen LogP contribution < -0.4 is 0 Å². The van der Waals surface area contributed by atoms with E-state index in [4.69, 9.17) is 9.47 Å². The summed E-state index contributed by atoms with van der Waals surface area (Å²) in [5.41, 5.74) is -0.152. The van der Waals surface area contributed by atoms with Crippen molar-refractivity contribution in [2.75, 3.05) is 0 Å². The van der Waals surface area contributed by atoms with E-state index in [0.29, 0.717) is 23.2 Å². The fourth-order valence-corrected chi connectivity index (χ4v) is 8.40. The highest BCUT2D eigenvalue weighted by atomic mass is 16.6. The molecule has 0 aromatic carbocycles. The Kier molecular flexibility index (Phi) is 5.15. The summed E-state index contributed by atoms with van der Waals surface area (Å²) in [7, 11) is 0. The summed E-state index contributed by atoms with van der Waals surface area (Å²) in [5.74, 6) is 2.37. The van der Waals surface area contributed by atoms with E-state index in [1.54, 1.807) is 0 Å². The average molecular weight is 403 g/mol. The second-order valence-corrected chi connectivity index (χ2v) is 10.8. The Bertz CT molecular complexity index is 701. The van der Waals surface area contributed by atoms with Crippen LogP contribution in [-0.4, -0.2) is 23.6 Å². The predicted molar refractivity (Wildman–Crippen MR) is 112 cm³/mol. The molecule has 0 heterocycles. The third-order valence-corrected chi connectivity index (χ3v) is 9.79. The monoisotopic (exact) mass is 402 g/mol. The molecule has 4 fully saturated rings. The smallest absolute Gasteiger partial charge is 0.303 e. The lowest BCUT2D eigenvalue weighted by molar-refractivity contribution is -0.179. The molecular formula is C25H38O4. The van der Waals surface area contributed by atoms with Gasteiger partial charge < -0.3 is 9.47 Å². The van der Waals surface area contributed by atoms with Crippen LogP contribution in [0.5, 0.6) is 0 Å². The normalized spacial score (nSPS) is 48.6. The molecule has 4 rings (SSSR count). The van der Waals surface area contributed by atoms with Crippen molar-refractivity contribution in [3.63, 3.8) is 0 Å². The zero-order chi connectivity index (χ0) is 21.0. The molecule has 162 valence electrons. The summed E-state index contributed by atoms with van der Waals surface area (Å²) >= 11 is 0. The number of esters is 2. The number of hydrogen-bond acceptors (Lipinski definition) is 4. The van der Waals surface area contributed by atoms with Crippen LogP contribution >= 0.6 is 0 Å². The van der Waals surface area contributed by atoms with E-state index < -0.39 is 5.60 Å². The summed E-state index contributed by atoms with van der Waals surface area (Å²) in [5, 5.41) is 0. The molecule has 4 aliphatic carbocycles. The Morgan fingerprint density at radius 3 is 2.31 bits per heavy atom. The van der Waals surface area contributed by atoms with Gasteiger partial charge in [-0.15, -0.1) is 0 Å². The minimum absolute atomic E-state index is 0.000271. The Balaban J connectivity index is 1.56. The first-order chi connectivity index (χ1) is 13.6. The third kappa shape index (κ3) is 3.08. The largest absolute Gasteiger partial charge is 0.463 e. The molecule has 0 spiro atoms. The van der Waals surface area contributed by atoms with Gasteiger partial charge in [0, 0.05) is 19.3 Å². The van der Waals surface area contributed by atoms with Crippen LogP contribution in [-0.2, 0) is 19.1 Å². The zero-order valence-electron chi connectivity index (χ0n) is 18.7. The second-order valence-electron chi connectivity index (χ2n) is 10.8. The molecule has 0 aromatic heterocycles. The predicted octanol–water partition coefficient (Wildman–Crippen LogP) is 5.45.